The molecule has 0 bridgehead atoms. The fraction of sp³-hybridized carbons (Fsp3) is 1.00. The minimum Gasteiger partial charge on any atom is -1.00 e. The van der Waals surface area contributed by atoms with Crippen LogP contribution < -0.4 is 24.8 Å². The third-order valence-electron chi connectivity index (χ3n) is 5.03. The van der Waals surface area contributed by atoms with Gasteiger partial charge in [-0.3, -0.25) is 0 Å². The molecular weight excluding hydrogens is 546 g/mol. The van der Waals surface area contributed by atoms with Crippen LogP contribution >= 0.6 is 15.8 Å². The Labute approximate surface area is 228 Å². The van der Waals surface area contributed by atoms with Gasteiger partial charge in [-0.05, 0) is 34.0 Å². The van der Waals surface area contributed by atoms with Crippen LogP contribution in [0.15, 0.2) is 0 Å². The van der Waals surface area contributed by atoms with Crippen molar-refractivity contribution < 1.29 is 44.3 Å². The molecule has 0 aromatic heterocycles. The summed E-state index contributed by atoms with van der Waals surface area (Å²) in [6.07, 6.45) is 8.49. The number of rotatable bonds is 11. The second kappa shape index (κ2) is 30.1. The smallest absolute Gasteiger partial charge is 1.00 e. The maximum absolute atomic E-state index is 2.35. The minimum atomic E-state index is 0. The van der Waals surface area contributed by atoms with Gasteiger partial charge in [0.1, 0.15) is 0 Å². The Kier molecular flexibility index (Phi) is 45.1. The van der Waals surface area contributed by atoms with Crippen LogP contribution in [-0.2, 0) is 19.5 Å². The van der Waals surface area contributed by atoms with Gasteiger partial charge in [-0.25, -0.2) is 0 Å². The van der Waals surface area contributed by atoms with Gasteiger partial charge in [-0.15, -0.1) is 0 Å². The zero-order chi connectivity index (χ0) is 22.9. The Morgan fingerprint density at radius 2 is 0.548 bits per heavy atom. The summed E-state index contributed by atoms with van der Waals surface area (Å²) in [5.74, 6) is 0. The fourth-order valence-electron chi connectivity index (χ4n) is 4.43. The SMILES string of the molecule is CC(C)P(C(C)C)C(C)C.CC(C)P(C(C)C)C(C)C.CCCCCCCC.[Cl-].[Cl-].[Ru+6]. The molecule has 0 aliphatic rings. The summed E-state index contributed by atoms with van der Waals surface area (Å²) in [6, 6.07) is 0. The van der Waals surface area contributed by atoms with Crippen LogP contribution in [0.1, 0.15) is 135 Å². The fourth-order valence-corrected chi connectivity index (χ4v) is 11.6. The van der Waals surface area contributed by atoms with E-state index in [4.69, 9.17) is 0 Å². The summed E-state index contributed by atoms with van der Waals surface area (Å²) in [4.78, 5) is 0. The van der Waals surface area contributed by atoms with Crippen molar-refractivity contribution in [1.82, 2.24) is 0 Å². The van der Waals surface area contributed by atoms with Gasteiger partial charge in [0.25, 0.3) is 0 Å². The second-order valence-corrected chi connectivity index (χ2v) is 17.9. The monoisotopic (exact) mass is 606 g/mol. The van der Waals surface area contributed by atoms with Crippen LogP contribution in [0.3, 0.4) is 0 Å². The van der Waals surface area contributed by atoms with Crippen molar-refractivity contribution in [3.63, 3.8) is 0 Å². The van der Waals surface area contributed by atoms with E-state index in [1.54, 1.807) is 0 Å². The summed E-state index contributed by atoms with van der Waals surface area (Å²) in [6.45, 7) is 32.7. The van der Waals surface area contributed by atoms with Crippen LogP contribution in [-0.4, -0.2) is 34.0 Å². The van der Waals surface area contributed by atoms with Crippen molar-refractivity contribution in [1.29, 1.82) is 0 Å². The first kappa shape index (κ1) is 46.4. The Hall–Kier alpha value is 2.06. The van der Waals surface area contributed by atoms with Crippen LogP contribution in [0, 0.1) is 0 Å². The van der Waals surface area contributed by atoms with Crippen LogP contribution in [0.2, 0.25) is 0 Å². The van der Waals surface area contributed by atoms with Gasteiger partial charge in [0.15, 0.2) is 0 Å². The van der Waals surface area contributed by atoms with E-state index in [-0.39, 0.29) is 60.1 Å². The molecule has 0 fully saturated rings. The number of halogens is 2. The summed E-state index contributed by atoms with van der Waals surface area (Å²) in [7, 11) is 0.525. The average molecular weight is 607 g/mol. The van der Waals surface area contributed by atoms with Crippen molar-refractivity contribution in [3.05, 3.63) is 0 Å². The molecule has 5 heteroatoms. The van der Waals surface area contributed by atoms with Crippen molar-refractivity contribution in [2.24, 2.45) is 0 Å². The van der Waals surface area contributed by atoms with Gasteiger partial charge >= 0.3 is 19.5 Å². The van der Waals surface area contributed by atoms with E-state index < -0.39 is 0 Å². The van der Waals surface area contributed by atoms with Crippen LogP contribution in [0.25, 0.3) is 0 Å². The van der Waals surface area contributed by atoms with Gasteiger partial charge in [-0.1, -0.05) is 151 Å². The summed E-state index contributed by atoms with van der Waals surface area (Å²) >= 11 is 0. The maximum Gasteiger partial charge on any atom is 6.00 e. The normalized spacial score (nSPS) is 10.6. The quantitative estimate of drug-likeness (QED) is 0.181. The third-order valence-corrected chi connectivity index (χ3v) is 12.2. The predicted molar refractivity (Wildman–Crippen MR) is 144 cm³/mol. The van der Waals surface area contributed by atoms with Crippen LogP contribution in [0.4, 0.5) is 0 Å². The Bertz CT molecular complexity index is 242. The summed E-state index contributed by atoms with van der Waals surface area (Å²) < 4.78 is 0. The Balaban J connectivity index is -0.0000000726. The van der Waals surface area contributed by atoms with Crippen molar-refractivity contribution in [3.8, 4) is 0 Å². The molecule has 0 rings (SSSR count). The molecule has 192 valence electrons. The molecular formula is C26H60Cl2P2Ru+4. The molecule has 0 saturated heterocycles. The molecule has 0 aromatic rings. The van der Waals surface area contributed by atoms with Crippen LogP contribution in [0.5, 0.6) is 0 Å². The molecule has 0 saturated carbocycles. The summed E-state index contributed by atoms with van der Waals surface area (Å²) in [5.41, 5.74) is 5.39. The molecule has 0 unspecified atom stereocenters. The van der Waals surface area contributed by atoms with E-state index in [0.717, 1.165) is 34.0 Å². The molecule has 0 amide bonds. The molecule has 0 N–H and O–H groups in total. The summed E-state index contributed by atoms with van der Waals surface area (Å²) in [5, 5.41) is 0. The number of hydrogen-bond acceptors (Lipinski definition) is 0. The van der Waals surface area contributed by atoms with Crippen molar-refractivity contribution in [2.75, 3.05) is 0 Å². The van der Waals surface area contributed by atoms with E-state index in [1.807, 2.05) is 0 Å². The van der Waals surface area contributed by atoms with Gasteiger partial charge < -0.3 is 24.8 Å². The van der Waals surface area contributed by atoms with E-state index in [1.165, 1.54) is 38.5 Å². The molecule has 0 atom stereocenters. The minimum absolute atomic E-state index is 0. The number of hydrogen-bond donors (Lipinski definition) is 0. The molecule has 0 nitrogen and oxygen atoms in total. The molecule has 31 heavy (non-hydrogen) atoms. The van der Waals surface area contributed by atoms with E-state index in [9.17, 15) is 0 Å². The third kappa shape index (κ3) is 30.0. The molecule has 0 aliphatic heterocycles. The standard InChI is InChI=1S/2C9H21P.C8H18.2ClH.Ru/c2*1-7(2)10(8(3)4)9(5)6;1-3-5-7-8-6-4-2;;;/h2*7-9H,1-6H3;3-8H2,1-2H3;2*1H;/q;;;;;+6/p-2. The first-order chi connectivity index (χ1) is 12.8. The molecule has 0 spiro atoms. The maximum atomic E-state index is 2.35. The van der Waals surface area contributed by atoms with E-state index >= 15 is 0 Å². The molecule has 0 radical (unpaired) electrons. The zero-order valence-electron chi connectivity index (χ0n) is 23.7. The number of unbranched alkanes of at least 4 members (excludes halogenated alkanes) is 5. The van der Waals surface area contributed by atoms with Gasteiger partial charge in [-0.2, -0.15) is 0 Å². The first-order valence-electron chi connectivity index (χ1n) is 12.4. The zero-order valence-corrected chi connectivity index (χ0v) is 28.7. The Morgan fingerprint density at radius 3 is 0.613 bits per heavy atom. The molecule has 0 aromatic carbocycles. The van der Waals surface area contributed by atoms with E-state index in [0.29, 0.717) is 0 Å². The largest absolute Gasteiger partial charge is 6.00 e. The van der Waals surface area contributed by atoms with Gasteiger partial charge in [0, 0.05) is 0 Å². The molecule has 0 aliphatic carbocycles. The molecule has 0 heterocycles. The average Bonchev–Trinajstić information content (AvgIpc) is 2.50. The predicted octanol–water partition coefficient (Wildman–Crippen LogP) is 4.76. The van der Waals surface area contributed by atoms with Crippen molar-refractivity contribution >= 4 is 15.8 Å². The second-order valence-electron chi connectivity index (χ2n) is 9.87. The van der Waals surface area contributed by atoms with Gasteiger partial charge in [0.2, 0.25) is 0 Å². The van der Waals surface area contributed by atoms with Gasteiger partial charge in [0.05, 0.1) is 0 Å². The van der Waals surface area contributed by atoms with Crippen molar-refractivity contribution in [2.45, 2.75) is 169 Å². The topological polar surface area (TPSA) is 0 Å². The van der Waals surface area contributed by atoms with E-state index in [2.05, 4.69) is 96.9 Å². The Morgan fingerprint density at radius 1 is 0.387 bits per heavy atom. The first-order valence-corrected chi connectivity index (χ1v) is 15.5.